The van der Waals surface area contributed by atoms with Gasteiger partial charge >= 0.3 is 0 Å². The summed E-state index contributed by atoms with van der Waals surface area (Å²) >= 11 is 0. The van der Waals surface area contributed by atoms with Crippen molar-refractivity contribution in [3.63, 3.8) is 0 Å². The third kappa shape index (κ3) is 12.5. The lowest BCUT2D eigenvalue weighted by Crippen LogP contribution is -1.55. The second-order valence-corrected chi connectivity index (χ2v) is 1.93. The van der Waals surface area contributed by atoms with Gasteiger partial charge in [-0.1, -0.05) is 5.92 Å². The van der Waals surface area contributed by atoms with Crippen molar-refractivity contribution in [1.29, 1.82) is 0 Å². The molecule has 0 aromatic carbocycles. The molecule has 0 heteroatoms. The van der Waals surface area contributed by atoms with Gasteiger partial charge in [-0.05, 0) is 47.4 Å². The van der Waals surface area contributed by atoms with E-state index in [9.17, 15) is 0 Å². The maximum Gasteiger partial charge on any atom is 0.0209 e. The van der Waals surface area contributed by atoms with Gasteiger partial charge in [-0.25, -0.2) is 0 Å². The molecule has 0 nitrogen and oxygen atoms in total. The fraction of sp³-hybridized carbons (Fsp3) is 0. The minimum atomic E-state index is 1.87. The van der Waals surface area contributed by atoms with Crippen molar-refractivity contribution in [2.45, 2.75) is 0 Å². The van der Waals surface area contributed by atoms with Crippen LogP contribution in [0.5, 0.6) is 0 Å². The maximum atomic E-state index is 6.47. The SMILES string of the molecule is [C]#CC#CC#CC#CC#CC#CC#CC#C[CH2]. The Morgan fingerprint density at radius 3 is 1.06 bits per heavy atom. The van der Waals surface area contributed by atoms with E-state index in [1.807, 2.05) is 5.92 Å². The van der Waals surface area contributed by atoms with Gasteiger partial charge in [0.1, 0.15) is 0 Å². The van der Waals surface area contributed by atoms with Crippen LogP contribution in [0.1, 0.15) is 0 Å². The predicted octanol–water partition coefficient (Wildman–Crippen LogP) is 0.434. The van der Waals surface area contributed by atoms with E-state index in [0.29, 0.717) is 0 Å². The first kappa shape index (κ1) is 13.5. The van der Waals surface area contributed by atoms with Crippen molar-refractivity contribution in [2.75, 3.05) is 0 Å². The second-order valence-electron chi connectivity index (χ2n) is 1.93. The summed E-state index contributed by atoms with van der Waals surface area (Å²) < 4.78 is 0. The molecule has 0 aromatic heterocycles. The molecule has 0 fully saturated rings. The zero-order chi connectivity index (χ0) is 12.6. The second kappa shape index (κ2) is 12.5. The summed E-state index contributed by atoms with van der Waals surface area (Å²) in [6, 6.07) is 0. The number of hydrogen-bond donors (Lipinski definition) is 0. The van der Waals surface area contributed by atoms with Gasteiger partial charge in [0.05, 0.1) is 0 Å². The summed E-state index contributed by atoms with van der Waals surface area (Å²) in [7, 11) is 0. The van der Waals surface area contributed by atoms with Crippen LogP contribution in [-0.4, -0.2) is 0 Å². The molecule has 0 bridgehead atoms. The number of rotatable bonds is 0. The van der Waals surface area contributed by atoms with Crippen LogP contribution in [0.2, 0.25) is 0 Å². The molecule has 17 heavy (non-hydrogen) atoms. The van der Waals surface area contributed by atoms with Gasteiger partial charge in [0, 0.05) is 48.9 Å². The predicted molar refractivity (Wildman–Crippen MR) is 66.9 cm³/mol. The van der Waals surface area contributed by atoms with Crippen molar-refractivity contribution in [3.8, 4) is 88.8 Å². The van der Waals surface area contributed by atoms with Crippen LogP contribution in [0, 0.1) is 102 Å². The topological polar surface area (TPSA) is 0 Å². The minimum Gasteiger partial charge on any atom is -0.0881 e. The molecule has 70 valence electrons. The van der Waals surface area contributed by atoms with E-state index >= 15 is 0 Å². The van der Waals surface area contributed by atoms with E-state index in [-0.39, 0.29) is 0 Å². The van der Waals surface area contributed by atoms with Crippen LogP contribution in [-0.2, 0) is 0 Å². The van der Waals surface area contributed by atoms with Crippen LogP contribution in [0.3, 0.4) is 0 Å². The molecular formula is C17H2. The number of hydrogen-bond acceptors (Lipinski definition) is 0. The summed E-state index contributed by atoms with van der Waals surface area (Å²) in [5.74, 6) is 35.7. The first-order valence-electron chi connectivity index (χ1n) is 4.10. The Morgan fingerprint density at radius 1 is 0.471 bits per heavy atom. The minimum absolute atomic E-state index is 1.87. The molecule has 0 saturated heterocycles. The Kier molecular flexibility index (Phi) is 9.90. The molecule has 0 rings (SSSR count). The quantitative estimate of drug-likeness (QED) is 0.504. The molecule has 0 aliphatic heterocycles. The molecule has 0 saturated carbocycles. The first-order chi connectivity index (χ1) is 8.41. The Labute approximate surface area is 103 Å². The monoisotopic (exact) mass is 206 g/mol. The maximum absolute atomic E-state index is 6.47. The smallest absolute Gasteiger partial charge is 0.0209 e. The molecular weight excluding hydrogens is 204 g/mol. The van der Waals surface area contributed by atoms with Gasteiger partial charge in [-0.3, -0.25) is 0 Å². The van der Waals surface area contributed by atoms with Gasteiger partial charge in [0.15, 0.2) is 0 Å². The molecule has 0 heterocycles. The molecule has 0 N–H and O–H groups in total. The van der Waals surface area contributed by atoms with Gasteiger partial charge in [-0.2, -0.15) is 0 Å². The molecule has 0 aliphatic rings. The van der Waals surface area contributed by atoms with Crippen molar-refractivity contribution in [1.82, 2.24) is 0 Å². The average Bonchev–Trinajstić information content (AvgIpc) is 2.35. The van der Waals surface area contributed by atoms with Crippen molar-refractivity contribution >= 4 is 0 Å². The highest BCUT2D eigenvalue weighted by molar-refractivity contribution is 5.45. The molecule has 0 atom stereocenters. The molecule has 0 aliphatic carbocycles. The van der Waals surface area contributed by atoms with E-state index in [1.54, 1.807) is 0 Å². The largest absolute Gasteiger partial charge is 0.0881 e. The summed E-state index contributed by atoms with van der Waals surface area (Å²) in [5.41, 5.74) is 0. The zero-order valence-corrected chi connectivity index (χ0v) is 8.71. The third-order valence-electron chi connectivity index (χ3n) is 0.901. The fourth-order valence-electron chi connectivity index (χ4n) is 0.419. The van der Waals surface area contributed by atoms with Gasteiger partial charge in [0.25, 0.3) is 0 Å². The fourth-order valence-corrected chi connectivity index (χ4v) is 0.419. The lowest BCUT2D eigenvalue weighted by Gasteiger charge is -1.56. The van der Waals surface area contributed by atoms with Gasteiger partial charge in [-0.15, -0.1) is 0 Å². The van der Waals surface area contributed by atoms with E-state index in [1.165, 1.54) is 0 Å². The van der Waals surface area contributed by atoms with E-state index in [2.05, 4.69) is 89.8 Å². The summed E-state index contributed by atoms with van der Waals surface area (Å²) in [6.07, 6.45) is 6.47. The van der Waals surface area contributed by atoms with Crippen LogP contribution < -0.4 is 0 Å². The van der Waals surface area contributed by atoms with Crippen LogP contribution in [0.15, 0.2) is 0 Å². The van der Waals surface area contributed by atoms with E-state index in [4.69, 9.17) is 6.42 Å². The summed E-state index contributed by atoms with van der Waals surface area (Å²) in [4.78, 5) is 0. The van der Waals surface area contributed by atoms with Crippen LogP contribution in [0.25, 0.3) is 0 Å². The van der Waals surface area contributed by atoms with Gasteiger partial charge < -0.3 is 0 Å². The van der Waals surface area contributed by atoms with Crippen molar-refractivity contribution < 1.29 is 0 Å². The summed E-state index contributed by atoms with van der Waals surface area (Å²) in [5, 5.41) is 0. The Bertz CT molecular complexity index is 734. The molecule has 0 spiro atoms. The highest BCUT2D eigenvalue weighted by Gasteiger charge is 1.57. The molecule has 0 aromatic rings. The van der Waals surface area contributed by atoms with Crippen molar-refractivity contribution in [2.24, 2.45) is 0 Å². The Balaban J connectivity index is 4.27. The third-order valence-corrected chi connectivity index (χ3v) is 0.901. The van der Waals surface area contributed by atoms with E-state index in [0.717, 1.165) is 0 Å². The highest BCUT2D eigenvalue weighted by atomic mass is 13.6. The lowest BCUT2D eigenvalue weighted by atomic mass is 10.5. The van der Waals surface area contributed by atoms with Crippen LogP contribution in [0.4, 0.5) is 0 Å². The standard InChI is InChI=1S/C17H2/c1-3-5-7-9-11-13-15-17-16-14-12-10-8-6-4-2/h1H2. The lowest BCUT2D eigenvalue weighted by molar-refractivity contribution is 2.31. The molecule has 0 amide bonds. The normalized spacial score (nSPS) is 3.76. The Morgan fingerprint density at radius 2 is 0.765 bits per heavy atom. The Hall–Kier alpha value is -3.52. The molecule has 2 radical (unpaired) electrons. The molecule has 0 unspecified atom stereocenters. The highest BCUT2D eigenvalue weighted by Crippen LogP contribution is 1.57. The average molecular weight is 206 g/mol. The summed E-state index contributed by atoms with van der Waals surface area (Å²) in [6.45, 7) is 3.29. The van der Waals surface area contributed by atoms with E-state index < -0.39 is 0 Å². The first-order valence-corrected chi connectivity index (χ1v) is 4.10. The van der Waals surface area contributed by atoms with Gasteiger partial charge in [0.2, 0.25) is 0 Å². The zero-order valence-electron chi connectivity index (χ0n) is 8.71. The van der Waals surface area contributed by atoms with Crippen molar-refractivity contribution in [3.05, 3.63) is 13.3 Å². The van der Waals surface area contributed by atoms with Crippen LogP contribution >= 0.6 is 0 Å².